The van der Waals surface area contributed by atoms with Crippen molar-refractivity contribution in [3.63, 3.8) is 0 Å². The van der Waals surface area contributed by atoms with E-state index >= 15 is 0 Å². The van der Waals surface area contributed by atoms with Crippen molar-refractivity contribution in [2.75, 3.05) is 14.2 Å². The van der Waals surface area contributed by atoms with Gasteiger partial charge >= 0.3 is 0 Å². The lowest BCUT2D eigenvalue weighted by Crippen LogP contribution is -2.29. The van der Waals surface area contributed by atoms with Crippen LogP contribution in [-0.4, -0.2) is 24.2 Å². The molecular formula is C16H19N2O4+. The van der Waals surface area contributed by atoms with Crippen molar-refractivity contribution >= 4 is 0 Å². The molecule has 3 rings (SSSR count). The van der Waals surface area contributed by atoms with Crippen LogP contribution in [0.3, 0.4) is 0 Å². The van der Waals surface area contributed by atoms with Crippen LogP contribution >= 0.6 is 0 Å². The Balaban J connectivity index is 2.34. The largest absolute Gasteiger partial charge is 0.497 e. The van der Waals surface area contributed by atoms with E-state index in [1.807, 2.05) is 0 Å². The van der Waals surface area contributed by atoms with Gasteiger partial charge in [0.1, 0.15) is 22.9 Å². The van der Waals surface area contributed by atoms with Gasteiger partial charge in [-0.1, -0.05) is 0 Å². The number of benzene rings is 1. The first-order valence-electron chi connectivity index (χ1n) is 7.20. The summed E-state index contributed by atoms with van der Waals surface area (Å²) in [6.45, 7) is 1.72. The fourth-order valence-corrected chi connectivity index (χ4v) is 3.05. The predicted molar refractivity (Wildman–Crippen MR) is 80.3 cm³/mol. The number of hydrogen-bond donors (Lipinski definition) is 1. The topological polar surface area (TPSA) is 66.6 Å². The van der Waals surface area contributed by atoms with Gasteiger partial charge in [-0.05, 0) is 38.0 Å². The highest BCUT2D eigenvalue weighted by molar-refractivity contribution is 5.68. The smallest absolute Gasteiger partial charge is 0.296 e. The summed E-state index contributed by atoms with van der Waals surface area (Å²) in [4.78, 5) is 12.8. The van der Waals surface area contributed by atoms with Crippen molar-refractivity contribution in [2.45, 2.75) is 26.2 Å². The van der Waals surface area contributed by atoms with E-state index in [2.05, 4.69) is 0 Å². The fourth-order valence-electron chi connectivity index (χ4n) is 3.05. The van der Waals surface area contributed by atoms with Gasteiger partial charge in [0, 0.05) is 11.3 Å². The second kappa shape index (κ2) is 5.36. The maximum Gasteiger partial charge on any atom is 0.296 e. The molecule has 0 fully saturated rings. The first-order chi connectivity index (χ1) is 10.6. The Morgan fingerprint density at radius 3 is 2.68 bits per heavy atom. The fraction of sp³-hybridized carbons (Fsp3) is 0.375. The average molecular weight is 303 g/mol. The molecule has 1 heterocycles. The molecule has 1 N–H and O–H groups in total. The first-order valence-corrected chi connectivity index (χ1v) is 7.20. The molecule has 6 heteroatoms. The highest BCUT2D eigenvalue weighted by atomic mass is 16.5. The second-order valence-corrected chi connectivity index (χ2v) is 5.35. The number of rotatable bonds is 3. The van der Waals surface area contributed by atoms with Crippen molar-refractivity contribution < 1.29 is 19.1 Å². The number of methoxy groups -OCH3 is 2. The van der Waals surface area contributed by atoms with E-state index in [0.29, 0.717) is 52.7 Å². The van der Waals surface area contributed by atoms with Gasteiger partial charge in [0.25, 0.3) is 11.4 Å². The van der Waals surface area contributed by atoms with Crippen LogP contribution in [0.5, 0.6) is 11.5 Å². The third-order valence-corrected chi connectivity index (χ3v) is 4.19. The molecule has 2 aromatic rings. The zero-order valence-electron chi connectivity index (χ0n) is 12.9. The lowest BCUT2D eigenvalue weighted by molar-refractivity contribution is -0.494. The molecule has 0 radical (unpaired) electrons. The van der Waals surface area contributed by atoms with Gasteiger partial charge in [0.05, 0.1) is 24.2 Å². The molecule has 0 atom stereocenters. The summed E-state index contributed by atoms with van der Waals surface area (Å²) in [7, 11) is 3.12. The summed E-state index contributed by atoms with van der Waals surface area (Å²) in [5.41, 5.74) is 2.79. The maximum atomic E-state index is 12.8. The van der Waals surface area contributed by atoms with Gasteiger partial charge in [-0.25, -0.2) is 0 Å². The van der Waals surface area contributed by atoms with Gasteiger partial charge in [-0.15, -0.1) is 0 Å². The van der Waals surface area contributed by atoms with E-state index in [4.69, 9.17) is 9.47 Å². The van der Waals surface area contributed by atoms with Crippen molar-refractivity contribution in [1.82, 2.24) is 4.73 Å². The van der Waals surface area contributed by atoms with Crippen LogP contribution < -0.4 is 13.9 Å². The number of nitrogens with zero attached hydrogens (tertiary/aromatic N) is 2. The Labute approximate surface area is 128 Å². The van der Waals surface area contributed by atoms with E-state index in [1.165, 1.54) is 0 Å². The molecule has 1 aliphatic rings. The molecule has 0 unspecified atom stereocenters. The Kier molecular flexibility index (Phi) is 3.52. The lowest BCUT2D eigenvalue weighted by atomic mass is 10.1. The van der Waals surface area contributed by atoms with Crippen molar-refractivity contribution in [2.24, 2.45) is 0 Å². The highest BCUT2D eigenvalue weighted by Gasteiger charge is 2.33. The molecular weight excluding hydrogens is 284 g/mol. The summed E-state index contributed by atoms with van der Waals surface area (Å²) < 4.78 is 12.7. The van der Waals surface area contributed by atoms with E-state index in [0.717, 1.165) is 15.6 Å². The predicted octanol–water partition coefficient (Wildman–Crippen LogP) is 2.12. The van der Waals surface area contributed by atoms with E-state index in [9.17, 15) is 10.1 Å². The lowest BCUT2D eigenvalue weighted by Gasteiger charge is -2.11. The number of hydrogen-bond acceptors (Lipinski definition) is 4. The minimum absolute atomic E-state index is 0.388. The zero-order valence-corrected chi connectivity index (χ0v) is 12.9. The van der Waals surface area contributed by atoms with Gasteiger partial charge in [-0.3, -0.25) is 0 Å². The number of aromatic nitrogens is 2. The van der Waals surface area contributed by atoms with Crippen molar-refractivity contribution in [3.8, 4) is 22.8 Å². The van der Waals surface area contributed by atoms with Gasteiger partial charge < -0.3 is 14.7 Å². The number of ether oxygens (including phenoxy) is 2. The Morgan fingerprint density at radius 2 is 2.00 bits per heavy atom. The Morgan fingerprint density at radius 1 is 1.23 bits per heavy atom. The Hall–Kier alpha value is -2.50. The van der Waals surface area contributed by atoms with E-state index in [1.54, 1.807) is 39.3 Å². The number of fused-ring (bicyclic) bond motifs is 1. The molecule has 1 aromatic carbocycles. The monoisotopic (exact) mass is 303 g/mol. The Bertz CT molecular complexity index is 796. The van der Waals surface area contributed by atoms with E-state index in [-0.39, 0.29) is 0 Å². The summed E-state index contributed by atoms with van der Waals surface area (Å²) in [6.07, 6.45) is 2.25. The third kappa shape index (κ3) is 2.03. The normalized spacial score (nSPS) is 13.0. The molecule has 116 valence electrons. The molecule has 0 spiro atoms. The van der Waals surface area contributed by atoms with Gasteiger partial charge in [0.2, 0.25) is 0 Å². The summed E-state index contributed by atoms with van der Waals surface area (Å²) >= 11 is 0. The highest BCUT2D eigenvalue weighted by Crippen LogP contribution is 2.34. The summed E-state index contributed by atoms with van der Waals surface area (Å²) in [6, 6.07) is 5.27. The minimum atomic E-state index is 0.388. The maximum absolute atomic E-state index is 12.8. The van der Waals surface area contributed by atoms with Crippen LogP contribution in [0.1, 0.15) is 23.5 Å². The molecule has 6 nitrogen and oxygen atoms in total. The molecule has 22 heavy (non-hydrogen) atoms. The molecule has 0 saturated heterocycles. The standard InChI is InChI=1S/C16H19N2O4/c1-10-16(12-9-11(21-2)7-8-15(12)22-3)18(20)14-6-4-5-13(14)17(10)19/h7-9,19H,4-6H2,1-3H3/q+1. The molecule has 0 saturated carbocycles. The van der Waals surface area contributed by atoms with Crippen LogP contribution in [0.25, 0.3) is 11.3 Å². The molecule has 1 aromatic heterocycles. The van der Waals surface area contributed by atoms with Gasteiger partial charge in [0.15, 0.2) is 0 Å². The zero-order chi connectivity index (χ0) is 15.9. The van der Waals surface area contributed by atoms with Crippen LogP contribution in [0, 0.1) is 11.8 Å². The second-order valence-electron chi connectivity index (χ2n) is 5.35. The quantitative estimate of drug-likeness (QED) is 0.697. The van der Waals surface area contributed by atoms with Crippen molar-refractivity contribution in [1.29, 1.82) is 0 Å². The molecule has 0 aliphatic heterocycles. The SMILES string of the molecule is COc1ccc(OC)c(-c2c(C)n(O)c3c([n+]2=O)CCC3)c1. The summed E-state index contributed by atoms with van der Waals surface area (Å²) in [5, 5.41) is 10.4. The van der Waals surface area contributed by atoms with Crippen LogP contribution in [0.2, 0.25) is 0 Å². The first kappa shape index (κ1) is 14.4. The minimum Gasteiger partial charge on any atom is -0.497 e. The molecule has 1 aliphatic carbocycles. The van der Waals surface area contributed by atoms with Crippen molar-refractivity contribution in [3.05, 3.63) is 40.2 Å². The molecule has 0 amide bonds. The van der Waals surface area contributed by atoms with E-state index < -0.39 is 0 Å². The van der Waals surface area contributed by atoms with Crippen LogP contribution in [0.4, 0.5) is 0 Å². The molecule has 0 bridgehead atoms. The van der Waals surface area contributed by atoms with Crippen LogP contribution in [0.15, 0.2) is 18.2 Å². The van der Waals surface area contributed by atoms with Crippen LogP contribution in [-0.2, 0) is 12.8 Å². The third-order valence-electron chi connectivity index (χ3n) is 4.19. The van der Waals surface area contributed by atoms with Gasteiger partial charge in [-0.2, -0.15) is 4.73 Å². The summed E-state index contributed by atoms with van der Waals surface area (Å²) in [5.74, 6) is 1.19. The average Bonchev–Trinajstić information content (AvgIpc) is 3.03.